The van der Waals surface area contributed by atoms with Crippen molar-refractivity contribution in [3.8, 4) is 0 Å². The van der Waals surface area contributed by atoms with Gasteiger partial charge in [0, 0.05) is 12.8 Å². The molecule has 0 heterocycles. The molecule has 0 bridgehead atoms. The van der Waals surface area contributed by atoms with Crippen LogP contribution in [-0.4, -0.2) is 70.0 Å². The molecule has 456 valence electrons. The molecule has 0 amide bonds. The number of esters is 2. The second-order valence-corrected chi connectivity index (χ2v) is 24.9. The maximum Gasteiger partial charge on any atom is 0.306 e. The molecule has 0 aliphatic rings. The standard InChI is InChI=1S/C68H126NO8P/c1-6-8-10-12-14-16-18-20-22-24-26-28-29-30-31-32-33-34-35-36-37-38-39-41-43-45-47-49-51-53-55-57-59-61-68(71)77-66(65-76-78(72,73)75-63-62-69(3,4)5)64-74-67(70)60-58-56-54-52-50-48-46-44-42-40-27-25-23-21-19-17-15-13-11-9-7-2/h8,10,14,16,20,22,25-28,66H,6-7,9,11-13,15,17-19,21,23-24,29-65H2,1-5H3/b10-8-,16-14-,22-20-,27-25-,28-26-. The Morgan fingerprint density at radius 3 is 1.10 bits per heavy atom. The van der Waals surface area contributed by atoms with Gasteiger partial charge in [0.15, 0.2) is 6.10 Å². The predicted octanol–water partition coefficient (Wildman–Crippen LogP) is 20.4. The Balaban J connectivity index is 4.02. The van der Waals surface area contributed by atoms with Crippen LogP contribution in [0, 0.1) is 0 Å². The molecule has 0 aromatic heterocycles. The normalized spacial score (nSPS) is 13.6. The number of rotatable bonds is 61. The van der Waals surface area contributed by atoms with Crippen LogP contribution >= 0.6 is 7.82 Å². The molecule has 0 spiro atoms. The van der Waals surface area contributed by atoms with Crippen molar-refractivity contribution in [2.45, 2.75) is 315 Å². The number of quaternary nitrogens is 1. The Labute approximate surface area is 483 Å². The van der Waals surface area contributed by atoms with Crippen molar-refractivity contribution in [1.82, 2.24) is 0 Å². The molecular weight excluding hydrogens is 990 g/mol. The van der Waals surface area contributed by atoms with Gasteiger partial charge in [0.05, 0.1) is 27.7 Å². The van der Waals surface area contributed by atoms with Crippen molar-refractivity contribution in [3.05, 3.63) is 60.8 Å². The Kier molecular flexibility index (Phi) is 57.6. The van der Waals surface area contributed by atoms with Crippen LogP contribution in [0.2, 0.25) is 0 Å². The minimum Gasteiger partial charge on any atom is -0.756 e. The molecule has 0 aromatic carbocycles. The summed E-state index contributed by atoms with van der Waals surface area (Å²) < 4.78 is 34.3. The molecule has 0 rings (SSSR count). The molecule has 0 aliphatic heterocycles. The van der Waals surface area contributed by atoms with Gasteiger partial charge < -0.3 is 27.9 Å². The zero-order chi connectivity index (χ0) is 57.0. The van der Waals surface area contributed by atoms with Crippen LogP contribution in [0.15, 0.2) is 60.8 Å². The number of hydrogen-bond donors (Lipinski definition) is 0. The number of allylic oxidation sites excluding steroid dienone is 10. The summed E-state index contributed by atoms with van der Waals surface area (Å²) in [6.45, 7) is 4.17. The topological polar surface area (TPSA) is 111 Å². The summed E-state index contributed by atoms with van der Waals surface area (Å²) in [5, 5.41) is 0. The summed E-state index contributed by atoms with van der Waals surface area (Å²) >= 11 is 0. The number of likely N-dealkylation sites (N-methyl/N-ethyl adjacent to an activating group) is 1. The Morgan fingerprint density at radius 1 is 0.410 bits per heavy atom. The van der Waals surface area contributed by atoms with E-state index in [1.807, 2.05) is 21.1 Å². The highest BCUT2D eigenvalue weighted by Gasteiger charge is 2.22. The molecule has 0 aromatic rings. The van der Waals surface area contributed by atoms with Gasteiger partial charge in [-0.2, -0.15) is 0 Å². The summed E-state index contributed by atoms with van der Waals surface area (Å²) in [5.41, 5.74) is 0. The third kappa shape index (κ3) is 62.9. The number of nitrogens with zero attached hydrogens (tertiary/aromatic N) is 1. The van der Waals surface area contributed by atoms with Crippen molar-refractivity contribution in [3.63, 3.8) is 0 Å². The molecule has 0 aliphatic carbocycles. The lowest BCUT2D eigenvalue weighted by molar-refractivity contribution is -0.870. The van der Waals surface area contributed by atoms with Crippen molar-refractivity contribution in [2.24, 2.45) is 0 Å². The molecule has 0 saturated heterocycles. The molecule has 10 heteroatoms. The number of carbonyl (C=O) groups excluding carboxylic acids is 2. The van der Waals surface area contributed by atoms with Crippen LogP contribution in [0.25, 0.3) is 0 Å². The van der Waals surface area contributed by atoms with Gasteiger partial charge in [0.1, 0.15) is 19.8 Å². The van der Waals surface area contributed by atoms with Gasteiger partial charge in [-0.3, -0.25) is 14.2 Å². The highest BCUT2D eigenvalue weighted by atomic mass is 31.2. The summed E-state index contributed by atoms with van der Waals surface area (Å²) in [7, 11) is 1.18. The summed E-state index contributed by atoms with van der Waals surface area (Å²) in [6.07, 6.45) is 77.2. The summed E-state index contributed by atoms with van der Waals surface area (Å²) in [4.78, 5) is 38.0. The highest BCUT2D eigenvalue weighted by molar-refractivity contribution is 7.45. The molecule has 2 atom stereocenters. The number of unbranched alkanes of at least 4 members (excludes halogenated alkanes) is 37. The van der Waals surface area contributed by atoms with E-state index in [0.717, 1.165) is 64.2 Å². The van der Waals surface area contributed by atoms with Crippen LogP contribution in [0.1, 0.15) is 309 Å². The number of hydrogen-bond acceptors (Lipinski definition) is 8. The number of carbonyl (C=O) groups is 2. The van der Waals surface area contributed by atoms with E-state index in [-0.39, 0.29) is 32.0 Å². The van der Waals surface area contributed by atoms with Gasteiger partial charge in [-0.05, 0) is 77.0 Å². The Bertz CT molecular complexity index is 1500. The number of ether oxygens (including phenoxy) is 2. The van der Waals surface area contributed by atoms with Crippen LogP contribution in [0.4, 0.5) is 0 Å². The zero-order valence-corrected chi connectivity index (χ0v) is 52.8. The van der Waals surface area contributed by atoms with Crippen LogP contribution in [0.5, 0.6) is 0 Å². The molecule has 0 fully saturated rings. The fourth-order valence-electron chi connectivity index (χ4n) is 9.47. The van der Waals surface area contributed by atoms with E-state index in [1.54, 1.807) is 0 Å². The third-order valence-electron chi connectivity index (χ3n) is 14.5. The van der Waals surface area contributed by atoms with Gasteiger partial charge in [0.2, 0.25) is 0 Å². The first-order valence-corrected chi connectivity index (χ1v) is 34.5. The van der Waals surface area contributed by atoms with Crippen molar-refractivity contribution in [2.75, 3.05) is 47.5 Å². The van der Waals surface area contributed by atoms with E-state index >= 15 is 0 Å². The fourth-order valence-corrected chi connectivity index (χ4v) is 10.2. The maximum absolute atomic E-state index is 12.8. The highest BCUT2D eigenvalue weighted by Crippen LogP contribution is 2.38. The third-order valence-corrected chi connectivity index (χ3v) is 15.5. The van der Waals surface area contributed by atoms with Crippen molar-refractivity contribution >= 4 is 19.8 Å². The van der Waals surface area contributed by atoms with E-state index in [4.69, 9.17) is 18.5 Å². The van der Waals surface area contributed by atoms with E-state index in [0.29, 0.717) is 17.4 Å². The van der Waals surface area contributed by atoms with E-state index in [2.05, 4.69) is 74.6 Å². The SMILES string of the molecule is CC/C=C\C/C=C\C/C=C\C/C=C\CCCCCCCCCCCCCCCCCCCCCCC(=O)OC(COC(=O)CCCCCCCCCCC/C=C\CCCCCCCCCC)COP(=O)([O-])OCC[N+](C)(C)C. The van der Waals surface area contributed by atoms with Crippen molar-refractivity contribution in [1.29, 1.82) is 0 Å². The first-order chi connectivity index (χ1) is 38.0. The summed E-state index contributed by atoms with van der Waals surface area (Å²) in [6, 6.07) is 0. The van der Waals surface area contributed by atoms with E-state index in [9.17, 15) is 19.0 Å². The zero-order valence-electron chi connectivity index (χ0n) is 51.9. The van der Waals surface area contributed by atoms with Crippen molar-refractivity contribution < 1.29 is 42.1 Å². The number of phosphoric ester groups is 1. The van der Waals surface area contributed by atoms with Gasteiger partial charge >= 0.3 is 11.9 Å². The molecule has 9 nitrogen and oxygen atoms in total. The molecule has 0 saturated carbocycles. The average Bonchev–Trinajstić information content (AvgIpc) is 3.41. The van der Waals surface area contributed by atoms with E-state index < -0.39 is 26.5 Å². The minimum absolute atomic E-state index is 0.0302. The largest absolute Gasteiger partial charge is 0.756 e. The lowest BCUT2D eigenvalue weighted by atomic mass is 10.0. The number of phosphoric acid groups is 1. The Hall–Kier alpha value is -2.29. The van der Waals surface area contributed by atoms with E-state index in [1.165, 1.54) is 212 Å². The quantitative estimate of drug-likeness (QED) is 0.0195. The second-order valence-electron chi connectivity index (χ2n) is 23.5. The van der Waals surface area contributed by atoms with Crippen LogP contribution in [-0.2, 0) is 32.7 Å². The maximum atomic E-state index is 12.8. The molecule has 2 unspecified atom stereocenters. The lowest BCUT2D eigenvalue weighted by Gasteiger charge is -2.28. The van der Waals surface area contributed by atoms with Crippen LogP contribution < -0.4 is 4.89 Å². The van der Waals surface area contributed by atoms with Gasteiger partial charge in [-0.15, -0.1) is 0 Å². The molecule has 0 N–H and O–H groups in total. The monoisotopic (exact) mass is 1120 g/mol. The predicted molar refractivity (Wildman–Crippen MR) is 333 cm³/mol. The molecule has 78 heavy (non-hydrogen) atoms. The van der Waals surface area contributed by atoms with Gasteiger partial charge in [-0.25, -0.2) is 0 Å². The summed E-state index contributed by atoms with van der Waals surface area (Å²) in [5.74, 6) is -0.821. The molecular formula is C68H126NO8P. The average molecular weight is 1120 g/mol. The van der Waals surface area contributed by atoms with Gasteiger partial charge in [0.25, 0.3) is 7.82 Å². The smallest absolute Gasteiger partial charge is 0.306 e. The Morgan fingerprint density at radius 2 is 0.731 bits per heavy atom. The van der Waals surface area contributed by atoms with Gasteiger partial charge in [-0.1, -0.05) is 280 Å². The van der Waals surface area contributed by atoms with Crippen LogP contribution in [0.3, 0.4) is 0 Å². The fraction of sp³-hybridized carbons (Fsp3) is 0.824. The first kappa shape index (κ1) is 75.7. The first-order valence-electron chi connectivity index (χ1n) is 33.0. The molecule has 0 radical (unpaired) electrons. The lowest BCUT2D eigenvalue weighted by Crippen LogP contribution is -2.37. The minimum atomic E-state index is -4.64. The second kappa shape index (κ2) is 59.3.